The average Bonchev–Trinajstić information content (AvgIpc) is 2.63. The zero-order chi connectivity index (χ0) is 19.4. The van der Waals surface area contributed by atoms with E-state index in [1.165, 1.54) is 0 Å². The molecule has 0 atom stereocenters. The zero-order valence-corrected chi connectivity index (χ0v) is 15.9. The number of nitrogens with zero attached hydrogens (tertiary/aromatic N) is 3. The van der Waals surface area contributed by atoms with Crippen molar-refractivity contribution in [2.75, 3.05) is 29.6 Å². The van der Waals surface area contributed by atoms with Crippen LogP contribution in [0.2, 0.25) is 0 Å². The normalized spacial score (nSPS) is 10.4. The number of benzene rings is 2. The van der Waals surface area contributed by atoms with Gasteiger partial charge in [0.25, 0.3) is 5.91 Å². The lowest BCUT2D eigenvalue weighted by atomic mass is 10.2. The summed E-state index contributed by atoms with van der Waals surface area (Å²) in [6.45, 7) is 3.79. The van der Waals surface area contributed by atoms with Gasteiger partial charge in [0.2, 0.25) is 5.95 Å². The van der Waals surface area contributed by atoms with E-state index in [9.17, 15) is 4.79 Å². The highest BCUT2D eigenvalue weighted by Gasteiger charge is 2.12. The molecule has 27 heavy (non-hydrogen) atoms. The topological polar surface area (TPSA) is 70.2 Å². The SMILES string of the molecule is Cc1cc(C(=O)Nc2ccccc2C)nc(Nc2ccc(N(C)C)cc2)n1. The Morgan fingerprint density at radius 2 is 1.67 bits per heavy atom. The second-order valence-electron chi connectivity index (χ2n) is 6.55. The fourth-order valence-corrected chi connectivity index (χ4v) is 2.61. The molecule has 0 unspecified atom stereocenters. The van der Waals surface area contributed by atoms with Crippen LogP contribution < -0.4 is 15.5 Å². The first-order chi connectivity index (χ1) is 12.9. The molecule has 0 aliphatic rings. The van der Waals surface area contributed by atoms with Crippen molar-refractivity contribution >= 4 is 28.9 Å². The summed E-state index contributed by atoms with van der Waals surface area (Å²) < 4.78 is 0. The molecule has 1 amide bonds. The first-order valence-corrected chi connectivity index (χ1v) is 8.69. The van der Waals surface area contributed by atoms with Crippen LogP contribution in [0.25, 0.3) is 0 Å². The third-order valence-electron chi connectivity index (χ3n) is 4.12. The Morgan fingerprint density at radius 1 is 0.963 bits per heavy atom. The Kier molecular flexibility index (Phi) is 5.35. The standard InChI is InChI=1S/C21H23N5O/c1-14-7-5-6-8-18(14)24-20(27)19-13-15(2)22-21(25-19)23-16-9-11-17(12-10-16)26(3)4/h5-13H,1-4H3,(H,24,27)(H,22,23,25). The van der Waals surface area contributed by atoms with Crippen LogP contribution in [-0.2, 0) is 0 Å². The summed E-state index contributed by atoms with van der Waals surface area (Å²) in [6, 6.07) is 17.2. The highest BCUT2D eigenvalue weighted by molar-refractivity contribution is 6.03. The molecule has 0 fully saturated rings. The summed E-state index contributed by atoms with van der Waals surface area (Å²) in [5.41, 5.74) is 4.76. The maximum atomic E-state index is 12.6. The van der Waals surface area contributed by atoms with Crippen LogP contribution in [0.1, 0.15) is 21.7 Å². The molecule has 0 bridgehead atoms. The van der Waals surface area contributed by atoms with Gasteiger partial charge in [-0.05, 0) is 55.8 Å². The number of amides is 1. The van der Waals surface area contributed by atoms with Crippen molar-refractivity contribution in [3.8, 4) is 0 Å². The molecule has 138 valence electrons. The summed E-state index contributed by atoms with van der Waals surface area (Å²) >= 11 is 0. The van der Waals surface area contributed by atoms with Gasteiger partial charge in [0.1, 0.15) is 5.69 Å². The molecule has 2 N–H and O–H groups in total. The number of aryl methyl sites for hydroxylation is 2. The fraction of sp³-hybridized carbons (Fsp3) is 0.190. The lowest BCUT2D eigenvalue weighted by molar-refractivity contribution is 0.102. The molecule has 0 radical (unpaired) electrons. The molecule has 0 saturated carbocycles. The third-order valence-corrected chi connectivity index (χ3v) is 4.12. The molecule has 0 spiro atoms. The molecule has 6 heteroatoms. The van der Waals surface area contributed by atoms with Gasteiger partial charge in [-0.25, -0.2) is 9.97 Å². The predicted molar refractivity (Wildman–Crippen MR) is 110 cm³/mol. The number of para-hydroxylation sites is 1. The Labute approximate surface area is 159 Å². The van der Waals surface area contributed by atoms with E-state index < -0.39 is 0 Å². The number of carbonyl (C=O) groups is 1. The second kappa shape index (κ2) is 7.86. The summed E-state index contributed by atoms with van der Waals surface area (Å²) in [6.07, 6.45) is 0. The molecule has 3 rings (SSSR count). The summed E-state index contributed by atoms with van der Waals surface area (Å²) in [5, 5.41) is 6.06. The minimum absolute atomic E-state index is 0.263. The van der Waals surface area contributed by atoms with Crippen LogP contribution >= 0.6 is 0 Å². The lowest BCUT2D eigenvalue weighted by Gasteiger charge is -2.13. The fourth-order valence-electron chi connectivity index (χ4n) is 2.61. The molecule has 1 heterocycles. The Bertz CT molecular complexity index is 951. The van der Waals surface area contributed by atoms with Crippen LogP contribution in [0.4, 0.5) is 23.0 Å². The number of carbonyl (C=O) groups excluding carboxylic acids is 1. The summed E-state index contributed by atoms with van der Waals surface area (Å²) in [5.74, 6) is 0.128. The number of hydrogen-bond donors (Lipinski definition) is 2. The van der Waals surface area contributed by atoms with E-state index in [0.29, 0.717) is 17.3 Å². The van der Waals surface area contributed by atoms with Gasteiger partial charge in [0.15, 0.2) is 0 Å². The molecular formula is C21H23N5O. The number of hydrogen-bond acceptors (Lipinski definition) is 5. The minimum atomic E-state index is -0.263. The Balaban J connectivity index is 1.79. The van der Waals surface area contributed by atoms with Crippen molar-refractivity contribution < 1.29 is 4.79 Å². The molecular weight excluding hydrogens is 338 g/mol. The van der Waals surface area contributed by atoms with Gasteiger partial charge in [-0.2, -0.15) is 0 Å². The monoisotopic (exact) mass is 361 g/mol. The molecule has 3 aromatic rings. The van der Waals surface area contributed by atoms with Crippen molar-refractivity contribution in [1.82, 2.24) is 9.97 Å². The van der Waals surface area contributed by atoms with Gasteiger partial charge >= 0.3 is 0 Å². The third kappa shape index (κ3) is 4.61. The summed E-state index contributed by atoms with van der Waals surface area (Å²) in [7, 11) is 3.98. The maximum absolute atomic E-state index is 12.6. The Hall–Kier alpha value is -3.41. The van der Waals surface area contributed by atoms with Gasteiger partial charge < -0.3 is 15.5 Å². The first kappa shape index (κ1) is 18.4. The number of nitrogens with one attached hydrogen (secondary N) is 2. The van der Waals surface area contributed by atoms with Gasteiger partial charge in [0.05, 0.1) is 0 Å². The number of aromatic nitrogens is 2. The Morgan fingerprint density at radius 3 is 2.33 bits per heavy atom. The molecule has 6 nitrogen and oxygen atoms in total. The van der Waals surface area contributed by atoms with E-state index >= 15 is 0 Å². The molecule has 2 aromatic carbocycles. The van der Waals surface area contributed by atoms with Crippen LogP contribution in [0.15, 0.2) is 54.6 Å². The highest BCUT2D eigenvalue weighted by atomic mass is 16.1. The maximum Gasteiger partial charge on any atom is 0.274 e. The van der Waals surface area contributed by atoms with Gasteiger partial charge in [-0.15, -0.1) is 0 Å². The minimum Gasteiger partial charge on any atom is -0.378 e. The smallest absolute Gasteiger partial charge is 0.274 e. The van der Waals surface area contributed by atoms with Gasteiger partial charge in [-0.3, -0.25) is 4.79 Å². The summed E-state index contributed by atoms with van der Waals surface area (Å²) in [4.78, 5) is 23.4. The van der Waals surface area contributed by atoms with Gasteiger partial charge in [-0.1, -0.05) is 18.2 Å². The van der Waals surface area contributed by atoms with Crippen molar-refractivity contribution in [3.63, 3.8) is 0 Å². The quantitative estimate of drug-likeness (QED) is 0.714. The van der Waals surface area contributed by atoms with Crippen LogP contribution in [0.3, 0.4) is 0 Å². The van der Waals surface area contributed by atoms with Crippen LogP contribution in [0, 0.1) is 13.8 Å². The zero-order valence-electron chi connectivity index (χ0n) is 15.9. The first-order valence-electron chi connectivity index (χ1n) is 8.69. The highest BCUT2D eigenvalue weighted by Crippen LogP contribution is 2.19. The van der Waals surface area contributed by atoms with E-state index in [2.05, 4.69) is 20.6 Å². The van der Waals surface area contributed by atoms with Crippen molar-refractivity contribution in [2.45, 2.75) is 13.8 Å². The van der Waals surface area contributed by atoms with Gasteiger partial charge in [0, 0.05) is 36.9 Å². The van der Waals surface area contributed by atoms with Crippen molar-refractivity contribution in [2.24, 2.45) is 0 Å². The molecule has 0 aliphatic heterocycles. The van der Waals surface area contributed by atoms with Crippen LogP contribution in [-0.4, -0.2) is 30.0 Å². The number of anilines is 4. The average molecular weight is 361 g/mol. The predicted octanol–water partition coefficient (Wildman–Crippen LogP) is 4.16. The van der Waals surface area contributed by atoms with E-state index in [-0.39, 0.29) is 5.91 Å². The van der Waals surface area contributed by atoms with E-state index in [1.807, 2.05) is 81.4 Å². The second-order valence-corrected chi connectivity index (χ2v) is 6.55. The van der Waals surface area contributed by atoms with Crippen molar-refractivity contribution in [3.05, 3.63) is 71.5 Å². The largest absolute Gasteiger partial charge is 0.378 e. The molecule has 0 aliphatic carbocycles. The van der Waals surface area contributed by atoms with E-state index in [4.69, 9.17) is 0 Å². The molecule has 1 aromatic heterocycles. The lowest BCUT2D eigenvalue weighted by Crippen LogP contribution is -2.16. The van der Waals surface area contributed by atoms with Crippen LogP contribution in [0.5, 0.6) is 0 Å². The molecule has 0 saturated heterocycles. The van der Waals surface area contributed by atoms with Crippen molar-refractivity contribution in [1.29, 1.82) is 0 Å². The van der Waals surface area contributed by atoms with E-state index in [1.54, 1.807) is 6.07 Å². The van der Waals surface area contributed by atoms with E-state index in [0.717, 1.165) is 22.6 Å². The number of rotatable bonds is 5.